The summed E-state index contributed by atoms with van der Waals surface area (Å²) < 4.78 is 0. The molecule has 1 fully saturated rings. The van der Waals surface area contributed by atoms with Crippen molar-refractivity contribution in [2.24, 2.45) is 16.3 Å². The summed E-state index contributed by atoms with van der Waals surface area (Å²) in [6.07, 6.45) is 3.60. The fourth-order valence-electron chi connectivity index (χ4n) is 2.83. The summed E-state index contributed by atoms with van der Waals surface area (Å²) in [7, 11) is 0. The number of rotatable bonds is 3. The fraction of sp³-hybridized carbons (Fsp3) is 0.562. The molecule has 1 heterocycles. The Morgan fingerprint density at radius 2 is 2.05 bits per heavy atom. The van der Waals surface area contributed by atoms with E-state index in [9.17, 15) is 0 Å². The Balaban J connectivity index is 2.26. The fourth-order valence-corrected chi connectivity index (χ4v) is 2.83. The van der Waals surface area contributed by atoms with Gasteiger partial charge in [-0.25, -0.2) is 0 Å². The highest BCUT2D eigenvalue weighted by atomic mass is 16.4. The molecule has 1 aromatic carbocycles. The molecule has 0 atom stereocenters. The first kappa shape index (κ1) is 14.7. The van der Waals surface area contributed by atoms with E-state index in [1.807, 2.05) is 13.0 Å². The highest BCUT2D eigenvalue weighted by Gasteiger charge is 2.29. The van der Waals surface area contributed by atoms with Crippen LogP contribution in [0.2, 0.25) is 0 Å². The van der Waals surface area contributed by atoms with E-state index >= 15 is 0 Å². The van der Waals surface area contributed by atoms with Crippen molar-refractivity contribution in [2.45, 2.75) is 40.0 Å². The number of oxime groups is 1. The lowest BCUT2D eigenvalue weighted by atomic mass is 9.78. The molecular formula is C16H25N3O. The summed E-state index contributed by atoms with van der Waals surface area (Å²) in [6, 6.07) is 6.15. The molecule has 110 valence electrons. The molecule has 2 rings (SSSR count). The molecule has 3 N–H and O–H groups in total. The van der Waals surface area contributed by atoms with Crippen molar-refractivity contribution < 1.29 is 5.21 Å². The van der Waals surface area contributed by atoms with Gasteiger partial charge in [0.25, 0.3) is 0 Å². The molecule has 4 heteroatoms. The van der Waals surface area contributed by atoms with Gasteiger partial charge in [0.05, 0.1) is 0 Å². The lowest BCUT2D eigenvalue weighted by Gasteiger charge is -2.40. The van der Waals surface area contributed by atoms with Gasteiger partial charge in [-0.15, -0.1) is 0 Å². The summed E-state index contributed by atoms with van der Waals surface area (Å²) in [5.74, 6) is 0.188. The van der Waals surface area contributed by atoms with Crippen LogP contribution < -0.4 is 10.6 Å². The molecule has 4 nitrogen and oxygen atoms in total. The summed E-state index contributed by atoms with van der Waals surface area (Å²) in [5, 5.41) is 12.1. The molecule has 0 unspecified atom stereocenters. The zero-order chi connectivity index (χ0) is 14.8. The van der Waals surface area contributed by atoms with Crippen LogP contribution in [0.15, 0.2) is 23.4 Å². The van der Waals surface area contributed by atoms with Crippen LogP contribution in [0.25, 0.3) is 0 Å². The van der Waals surface area contributed by atoms with Crippen LogP contribution in [0.4, 0.5) is 5.69 Å². The van der Waals surface area contributed by atoms with Crippen molar-refractivity contribution in [3.05, 3.63) is 29.3 Å². The highest BCUT2D eigenvalue weighted by molar-refractivity contribution is 6.02. The number of benzene rings is 1. The van der Waals surface area contributed by atoms with Crippen LogP contribution in [0.1, 0.15) is 44.2 Å². The molecule has 0 bridgehead atoms. The van der Waals surface area contributed by atoms with E-state index in [2.05, 4.69) is 36.0 Å². The zero-order valence-corrected chi connectivity index (χ0v) is 12.7. The molecule has 0 amide bonds. The second-order valence-corrected chi connectivity index (χ2v) is 6.16. The van der Waals surface area contributed by atoms with Crippen molar-refractivity contribution >= 4 is 11.5 Å². The number of amidine groups is 1. The molecule has 1 aliphatic heterocycles. The van der Waals surface area contributed by atoms with Crippen LogP contribution in [0.5, 0.6) is 0 Å². The molecule has 0 aliphatic carbocycles. The third-order valence-electron chi connectivity index (χ3n) is 4.70. The number of nitrogens with zero attached hydrogens (tertiary/aromatic N) is 2. The van der Waals surface area contributed by atoms with E-state index in [0.717, 1.165) is 29.9 Å². The molecule has 1 aromatic rings. The maximum absolute atomic E-state index is 8.97. The monoisotopic (exact) mass is 275 g/mol. The van der Waals surface area contributed by atoms with Crippen LogP contribution in [0, 0.1) is 12.3 Å². The maximum atomic E-state index is 8.97. The molecule has 0 aromatic heterocycles. The van der Waals surface area contributed by atoms with E-state index in [-0.39, 0.29) is 5.84 Å². The first-order chi connectivity index (χ1) is 9.49. The van der Waals surface area contributed by atoms with Gasteiger partial charge in [0.15, 0.2) is 5.84 Å². The molecule has 0 spiro atoms. The minimum absolute atomic E-state index is 0.188. The number of nitrogens with two attached hydrogens (primary N) is 1. The van der Waals surface area contributed by atoms with Crippen LogP contribution in [0.3, 0.4) is 0 Å². The van der Waals surface area contributed by atoms with E-state index in [1.54, 1.807) is 0 Å². The molecule has 0 saturated carbocycles. The highest BCUT2D eigenvalue weighted by Crippen LogP contribution is 2.36. The van der Waals surface area contributed by atoms with Gasteiger partial charge in [-0.2, -0.15) is 0 Å². The Morgan fingerprint density at radius 1 is 1.40 bits per heavy atom. The van der Waals surface area contributed by atoms with Gasteiger partial charge in [0.1, 0.15) is 0 Å². The standard InChI is InChI=1S/C16H25N3O/c1-4-16(3)7-9-19(10-8-16)14-6-5-12(2)11-13(14)15(17)18-20/h5-6,11,20H,4,7-10H2,1-3H3,(H2,17,18). The van der Waals surface area contributed by atoms with Crippen molar-refractivity contribution in [1.82, 2.24) is 0 Å². The summed E-state index contributed by atoms with van der Waals surface area (Å²) >= 11 is 0. The summed E-state index contributed by atoms with van der Waals surface area (Å²) in [5.41, 5.74) is 9.30. The second kappa shape index (κ2) is 5.73. The van der Waals surface area contributed by atoms with Crippen LogP contribution in [-0.2, 0) is 0 Å². The van der Waals surface area contributed by atoms with Gasteiger partial charge in [0, 0.05) is 24.3 Å². The van der Waals surface area contributed by atoms with Crippen LogP contribution >= 0.6 is 0 Å². The van der Waals surface area contributed by atoms with E-state index in [0.29, 0.717) is 5.41 Å². The van der Waals surface area contributed by atoms with Crippen molar-refractivity contribution in [1.29, 1.82) is 0 Å². The molecule has 0 radical (unpaired) electrons. The van der Waals surface area contributed by atoms with E-state index < -0.39 is 0 Å². The number of piperidine rings is 1. The van der Waals surface area contributed by atoms with Gasteiger partial charge in [-0.1, -0.05) is 37.1 Å². The largest absolute Gasteiger partial charge is 0.409 e. The predicted molar refractivity (Wildman–Crippen MR) is 83.5 cm³/mol. The lowest BCUT2D eigenvalue weighted by Crippen LogP contribution is -2.39. The summed E-state index contributed by atoms with van der Waals surface area (Å²) in [4.78, 5) is 2.35. The Kier molecular flexibility index (Phi) is 4.21. The van der Waals surface area contributed by atoms with Gasteiger partial charge in [0.2, 0.25) is 0 Å². The first-order valence-corrected chi connectivity index (χ1v) is 7.32. The van der Waals surface area contributed by atoms with E-state index in [4.69, 9.17) is 10.9 Å². The number of aryl methyl sites for hydroxylation is 1. The topological polar surface area (TPSA) is 61.8 Å². The SMILES string of the molecule is CCC1(C)CCN(c2ccc(C)cc2/C(N)=N/O)CC1. The lowest BCUT2D eigenvalue weighted by molar-refractivity contribution is 0.238. The van der Waals surface area contributed by atoms with Crippen molar-refractivity contribution in [3.8, 4) is 0 Å². The summed E-state index contributed by atoms with van der Waals surface area (Å²) in [6.45, 7) is 8.70. The predicted octanol–water partition coefficient (Wildman–Crippen LogP) is 3.11. The molecule has 1 aliphatic rings. The quantitative estimate of drug-likeness (QED) is 0.385. The third kappa shape index (κ3) is 2.89. The molecular weight excluding hydrogens is 250 g/mol. The number of hydrogen-bond acceptors (Lipinski definition) is 3. The van der Waals surface area contributed by atoms with Crippen molar-refractivity contribution in [3.63, 3.8) is 0 Å². The van der Waals surface area contributed by atoms with Gasteiger partial charge in [-0.3, -0.25) is 0 Å². The van der Waals surface area contributed by atoms with Crippen LogP contribution in [-0.4, -0.2) is 24.1 Å². The average Bonchev–Trinajstić information content (AvgIpc) is 2.47. The Hall–Kier alpha value is -1.71. The Bertz CT molecular complexity index is 502. The zero-order valence-electron chi connectivity index (χ0n) is 12.7. The number of hydrogen-bond donors (Lipinski definition) is 2. The minimum Gasteiger partial charge on any atom is -0.409 e. The smallest absolute Gasteiger partial charge is 0.172 e. The first-order valence-electron chi connectivity index (χ1n) is 7.32. The Morgan fingerprint density at radius 3 is 2.60 bits per heavy atom. The minimum atomic E-state index is 0.188. The second-order valence-electron chi connectivity index (χ2n) is 6.16. The maximum Gasteiger partial charge on any atom is 0.172 e. The molecule has 1 saturated heterocycles. The van der Waals surface area contributed by atoms with Gasteiger partial charge < -0.3 is 15.8 Å². The van der Waals surface area contributed by atoms with E-state index in [1.165, 1.54) is 19.3 Å². The molecule has 20 heavy (non-hydrogen) atoms. The van der Waals surface area contributed by atoms with Crippen molar-refractivity contribution in [2.75, 3.05) is 18.0 Å². The Labute approximate surface area is 121 Å². The normalized spacial score (nSPS) is 19.1. The average molecular weight is 275 g/mol. The van der Waals surface area contributed by atoms with Gasteiger partial charge >= 0.3 is 0 Å². The number of anilines is 1. The third-order valence-corrected chi connectivity index (χ3v) is 4.70. The van der Waals surface area contributed by atoms with Gasteiger partial charge in [-0.05, 0) is 37.3 Å².